The summed E-state index contributed by atoms with van der Waals surface area (Å²) in [6.07, 6.45) is 0.692. The van der Waals surface area contributed by atoms with Gasteiger partial charge in [0, 0.05) is 37.1 Å². The molecule has 8 heteroatoms. The molecule has 0 saturated carbocycles. The Balaban J connectivity index is 1.69. The number of piperazine rings is 1. The van der Waals surface area contributed by atoms with E-state index in [2.05, 4.69) is 15.9 Å². The van der Waals surface area contributed by atoms with E-state index >= 15 is 0 Å². The highest BCUT2D eigenvalue weighted by Crippen LogP contribution is 2.23. The largest absolute Gasteiger partial charge is 0.464 e. The second kappa shape index (κ2) is 6.27. The van der Waals surface area contributed by atoms with Crippen LogP contribution in [0.2, 0.25) is 0 Å². The molecule has 6 nitrogen and oxygen atoms in total. The van der Waals surface area contributed by atoms with Crippen molar-refractivity contribution in [1.29, 1.82) is 0 Å². The number of halogens is 1. The first kappa shape index (κ1) is 15.9. The Hall–Kier alpha value is -0.960. The molecule has 2 aliphatic heterocycles. The maximum atomic E-state index is 12.6. The van der Waals surface area contributed by atoms with Gasteiger partial charge in [-0.15, -0.1) is 0 Å². The van der Waals surface area contributed by atoms with E-state index in [4.69, 9.17) is 4.74 Å². The zero-order chi connectivity index (χ0) is 15.7. The quantitative estimate of drug-likeness (QED) is 0.724. The van der Waals surface area contributed by atoms with Crippen molar-refractivity contribution in [3.8, 4) is 0 Å². The van der Waals surface area contributed by atoms with Crippen molar-refractivity contribution < 1.29 is 17.9 Å². The summed E-state index contributed by atoms with van der Waals surface area (Å²) in [5, 5.41) is 0. The monoisotopic (exact) mass is 388 g/mol. The number of hydrogen-bond donors (Lipinski definition) is 0. The van der Waals surface area contributed by atoms with Gasteiger partial charge in [0.15, 0.2) is 0 Å². The lowest BCUT2D eigenvalue weighted by Gasteiger charge is -2.35. The summed E-state index contributed by atoms with van der Waals surface area (Å²) in [6.45, 7) is 2.33. The SMILES string of the molecule is O=C1OCCC1N1CCN(S(=O)(=O)c2cccc(Br)c2)CC1. The molecule has 0 amide bonds. The van der Waals surface area contributed by atoms with Gasteiger partial charge in [-0.2, -0.15) is 4.31 Å². The molecule has 22 heavy (non-hydrogen) atoms. The zero-order valence-electron chi connectivity index (χ0n) is 11.9. The normalized spacial score (nSPS) is 24.4. The van der Waals surface area contributed by atoms with Gasteiger partial charge in [0.1, 0.15) is 6.04 Å². The zero-order valence-corrected chi connectivity index (χ0v) is 14.3. The fraction of sp³-hybridized carbons (Fsp3) is 0.500. The average Bonchev–Trinajstić information content (AvgIpc) is 2.93. The molecule has 3 rings (SSSR count). The molecule has 2 heterocycles. The van der Waals surface area contributed by atoms with E-state index in [1.54, 1.807) is 24.3 Å². The second-order valence-corrected chi connectivity index (χ2v) is 8.22. The van der Waals surface area contributed by atoms with Gasteiger partial charge >= 0.3 is 5.97 Å². The van der Waals surface area contributed by atoms with Gasteiger partial charge in [-0.05, 0) is 18.2 Å². The Bertz CT molecular complexity index is 671. The summed E-state index contributed by atoms with van der Waals surface area (Å²) in [4.78, 5) is 13.9. The molecular weight excluding hydrogens is 372 g/mol. The molecule has 0 bridgehead atoms. The minimum atomic E-state index is -3.48. The van der Waals surface area contributed by atoms with Gasteiger partial charge < -0.3 is 4.74 Å². The highest BCUT2D eigenvalue weighted by Gasteiger charge is 2.36. The lowest BCUT2D eigenvalue weighted by Crippen LogP contribution is -2.52. The molecule has 0 radical (unpaired) electrons. The van der Waals surface area contributed by atoms with Crippen LogP contribution in [0.5, 0.6) is 0 Å². The molecule has 2 aliphatic rings. The topological polar surface area (TPSA) is 66.9 Å². The molecule has 0 spiro atoms. The van der Waals surface area contributed by atoms with Crippen LogP contribution in [0.25, 0.3) is 0 Å². The molecule has 1 aromatic carbocycles. The Morgan fingerprint density at radius 1 is 1.18 bits per heavy atom. The number of carbonyl (C=O) groups is 1. The molecular formula is C14H17BrN2O4S. The van der Waals surface area contributed by atoms with Crippen LogP contribution in [0.1, 0.15) is 6.42 Å². The highest BCUT2D eigenvalue weighted by atomic mass is 79.9. The van der Waals surface area contributed by atoms with Crippen LogP contribution >= 0.6 is 15.9 Å². The summed E-state index contributed by atoms with van der Waals surface area (Å²) in [6, 6.07) is 6.50. The van der Waals surface area contributed by atoms with E-state index in [0.29, 0.717) is 39.2 Å². The lowest BCUT2D eigenvalue weighted by molar-refractivity contribution is -0.142. The molecule has 120 valence electrons. The first-order chi connectivity index (χ1) is 10.5. The van der Waals surface area contributed by atoms with Crippen LogP contribution in [-0.4, -0.2) is 62.4 Å². The first-order valence-electron chi connectivity index (χ1n) is 7.15. The number of nitrogens with zero attached hydrogens (tertiary/aromatic N) is 2. The summed E-state index contributed by atoms with van der Waals surface area (Å²) in [5.74, 6) is -0.191. The van der Waals surface area contributed by atoms with Gasteiger partial charge in [0.2, 0.25) is 10.0 Å². The number of rotatable bonds is 3. The fourth-order valence-electron chi connectivity index (χ4n) is 2.85. The molecule has 1 unspecified atom stereocenters. The predicted octanol–water partition coefficient (Wildman–Crippen LogP) is 1.07. The van der Waals surface area contributed by atoms with Crippen LogP contribution in [0.15, 0.2) is 33.6 Å². The minimum Gasteiger partial charge on any atom is -0.464 e. The molecule has 1 aromatic rings. The van der Waals surface area contributed by atoms with E-state index < -0.39 is 10.0 Å². The van der Waals surface area contributed by atoms with Gasteiger partial charge in [-0.3, -0.25) is 9.69 Å². The number of benzene rings is 1. The number of hydrogen-bond acceptors (Lipinski definition) is 5. The highest BCUT2D eigenvalue weighted by molar-refractivity contribution is 9.10. The van der Waals surface area contributed by atoms with Crippen molar-refractivity contribution in [2.45, 2.75) is 17.4 Å². The number of esters is 1. The van der Waals surface area contributed by atoms with Crippen molar-refractivity contribution in [1.82, 2.24) is 9.21 Å². The molecule has 0 aromatic heterocycles. The van der Waals surface area contributed by atoms with E-state index in [1.807, 2.05) is 4.90 Å². The molecule has 0 aliphatic carbocycles. The lowest BCUT2D eigenvalue weighted by atomic mass is 10.2. The van der Waals surface area contributed by atoms with Crippen LogP contribution in [0.3, 0.4) is 0 Å². The van der Waals surface area contributed by atoms with Crippen LogP contribution in [0.4, 0.5) is 0 Å². The van der Waals surface area contributed by atoms with Gasteiger partial charge in [-0.25, -0.2) is 8.42 Å². The maximum Gasteiger partial charge on any atom is 0.323 e. The van der Waals surface area contributed by atoms with Gasteiger partial charge in [0.05, 0.1) is 11.5 Å². The molecule has 2 fully saturated rings. The standard InChI is InChI=1S/C14H17BrN2O4S/c15-11-2-1-3-12(10-11)22(19,20)17-7-5-16(6-8-17)13-4-9-21-14(13)18/h1-3,10,13H,4-9H2. The molecule has 2 saturated heterocycles. The summed E-state index contributed by atoms with van der Waals surface area (Å²) in [5.41, 5.74) is 0. The predicted molar refractivity (Wildman–Crippen MR) is 83.8 cm³/mol. The van der Waals surface area contributed by atoms with Gasteiger partial charge in [-0.1, -0.05) is 22.0 Å². The number of cyclic esters (lactones) is 1. The van der Waals surface area contributed by atoms with Crippen LogP contribution in [-0.2, 0) is 19.6 Å². The Kier molecular flexibility index (Phi) is 4.54. The maximum absolute atomic E-state index is 12.6. The van der Waals surface area contributed by atoms with E-state index in [-0.39, 0.29) is 16.9 Å². The van der Waals surface area contributed by atoms with Crippen LogP contribution in [0, 0.1) is 0 Å². The Morgan fingerprint density at radius 2 is 1.91 bits per heavy atom. The number of carbonyl (C=O) groups excluding carboxylic acids is 1. The third-order valence-electron chi connectivity index (χ3n) is 4.06. The van der Waals surface area contributed by atoms with Gasteiger partial charge in [0.25, 0.3) is 0 Å². The van der Waals surface area contributed by atoms with E-state index in [9.17, 15) is 13.2 Å². The van der Waals surface area contributed by atoms with Crippen molar-refractivity contribution in [2.75, 3.05) is 32.8 Å². The van der Waals surface area contributed by atoms with E-state index in [0.717, 1.165) is 4.47 Å². The summed E-state index contributed by atoms with van der Waals surface area (Å²) < 4.78 is 32.4. The fourth-order valence-corrected chi connectivity index (χ4v) is 4.87. The van der Waals surface area contributed by atoms with Crippen molar-refractivity contribution in [3.63, 3.8) is 0 Å². The smallest absolute Gasteiger partial charge is 0.323 e. The number of sulfonamides is 1. The minimum absolute atomic E-state index is 0.191. The first-order valence-corrected chi connectivity index (χ1v) is 9.38. The summed E-state index contributed by atoms with van der Waals surface area (Å²) >= 11 is 3.30. The van der Waals surface area contributed by atoms with E-state index in [1.165, 1.54) is 4.31 Å². The third-order valence-corrected chi connectivity index (χ3v) is 6.44. The third kappa shape index (κ3) is 3.05. The molecule has 0 N–H and O–H groups in total. The second-order valence-electron chi connectivity index (χ2n) is 5.37. The summed E-state index contributed by atoms with van der Waals surface area (Å²) in [7, 11) is -3.48. The van der Waals surface area contributed by atoms with Crippen molar-refractivity contribution >= 4 is 31.9 Å². The number of ether oxygens (including phenoxy) is 1. The average molecular weight is 389 g/mol. The van der Waals surface area contributed by atoms with Crippen LogP contribution < -0.4 is 0 Å². The van der Waals surface area contributed by atoms with Crippen molar-refractivity contribution in [3.05, 3.63) is 28.7 Å². The Labute approximate surface area is 138 Å². The Morgan fingerprint density at radius 3 is 2.50 bits per heavy atom. The van der Waals surface area contributed by atoms with Crippen molar-refractivity contribution in [2.24, 2.45) is 0 Å². The molecule has 1 atom stereocenters.